The minimum Gasteiger partial charge on any atom is -0.445 e. The number of benzene rings is 2. The van der Waals surface area contributed by atoms with Crippen LogP contribution in [0.2, 0.25) is 0 Å². The Balaban J connectivity index is 2.20. The van der Waals surface area contributed by atoms with Gasteiger partial charge in [-0.05, 0) is 23.6 Å². The third kappa shape index (κ3) is 5.14. The van der Waals surface area contributed by atoms with Gasteiger partial charge in [-0.2, -0.15) is 5.26 Å². The number of hydrogen-bond donors (Lipinski definition) is 0. The molecule has 0 heterocycles. The van der Waals surface area contributed by atoms with E-state index in [1.807, 2.05) is 36.4 Å². The Bertz CT molecular complexity index is 921. The van der Waals surface area contributed by atoms with Crippen molar-refractivity contribution >= 4 is 17.6 Å². The number of carbonyl (C=O) groups is 2. The third-order valence-electron chi connectivity index (χ3n) is 4.11. The normalized spacial score (nSPS) is 11.2. The molecule has 2 rings (SSSR count). The highest BCUT2D eigenvalue weighted by molar-refractivity contribution is 5.86. The number of carbonyl (C=O) groups excluding carboxylic acids is 2. The van der Waals surface area contributed by atoms with E-state index in [1.165, 1.54) is 37.1 Å². The first-order valence-corrected chi connectivity index (χ1v) is 8.42. The van der Waals surface area contributed by atoms with Crippen molar-refractivity contribution < 1.29 is 19.2 Å². The molecular weight excluding hydrogens is 362 g/mol. The standard InChI is InChI=1S/C20H19N3O5/c1-14(24)19(11-21)18-9-8-17(23(26)27)10-16(18)12-22(2)20(25)28-13-15-6-4-3-5-7-15/h3-10,19H,12-13H2,1-2H3. The van der Waals surface area contributed by atoms with Crippen LogP contribution in [0, 0.1) is 21.4 Å². The zero-order valence-electron chi connectivity index (χ0n) is 15.5. The van der Waals surface area contributed by atoms with Crippen molar-refractivity contribution in [1.29, 1.82) is 5.26 Å². The fraction of sp³-hybridized carbons (Fsp3) is 0.250. The summed E-state index contributed by atoms with van der Waals surface area (Å²) in [6.45, 7) is 1.31. The maximum atomic E-state index is 12.3. The zero-order chi connectivity index (χ0) is 20.7. The number of ether oxygens (including phenoxy) is 1. The topological polar surface area (TPSA) is 114 Å². The van der Waals surface area contributed by atoms with Gasteiger partial charge in [-0.25, -0.2) is 4.79 Å². The molecule has 1 unspecified atom stereocenters. The Morgan fingerprint density at radius 3 is 2.50 bits per heavy atom. The van der Waals surface area contributed by atoms with Crippen LogP contribution in [-0.2, 0) is 22.7 Å². The second-order valence-electron chi connectivity index (χ2n) is 6.21. The predicted octanol–water partition coefficient (Wildman–Crippen LogP) is 3.56. The van der Waals surface area contributed by atoms with Gasteiger partial charge in [0.05, 0.1) is 11.0 Å². The van der Waals surface area contributed by atoms with Crippen LogP contribution < -0.4 is 0 Å². The molecule has 0 saturated carbocycles. The van der Waals surface area contributed by atoms with E-state index < -0.39 is 16.9 Å². The fourth-order valence-corrected chi connectivity index (χ4v) is 2.65. The number of nitriles is 1. The first kappa shape index (κ1) is 20.6. The number of rotatable bonds is 7. The lowest BCUT2D eigenvalue weighted by Crippen LogP contribution is -2.28. The molecule has 0 saturated heterocycles. The molecule has 28 heavy (non-hydrogen) atoms. The average Bonchev–Trinajstić information content (AvgIpc) is 2.68. The predicted molar refractivity (Wildman–Crippen MR) is 100 cm³/mol. The highest BCUT2D eigenvalue weighted by Gasteiger charge is 2.23. The van der Waals surface area contributed by atoms with Crippen LogP contribution in [0.4, 0.5) is 10.5 Å². The minimum absolute atomic E-state index is 0.0455. The molecular formula is C20H19N3O5. The van der Waals surface area contributed by atoms with Crippen molar-refractivity contribution in [2.45, 2.75) is 26.0 Å². The molecule has 0 bridgehead atoms. The summed E-state index contributed by atoms with van der Waals surface area (Å²) in [7, 11) is 1.48. The van der Waals surface area contributed by atoms with Crippen LogP contribution in [0.25, 0.3) is 0 Å². The quantitative estimate of drug-likeness (QED) is 0.535. The lowest BCUT2D eigenvalue weighted by molar-refractivity contribution is -0.384. The number of nitrogens with zero attached hydrogens (tertiary/aromatic N) is 3. The molecule has 144 valence electrons. The number of non-ortho nitro benzene ring substituents is 1. The van der Waals surface area contributed by atoms with Gasteiger partial charge in [-0.15, -0.1) is 0 Å². The third-order valence-corrected chi connectivity index (χ3v) is 4.11. The van der Waals surface area contributed by atoms with Crippen molar-refractivity contribution in [3.8, 4) is 6.07 Å². The second kappa shape index (κ2) is 9.28. The van der Waals surface area contributed by atoms with Crippen LogP contribution in [0.15, 0.2) is 48.5 Å². The highest BCUT2D eigenvalue weighted by atomic mass is 16.6. The molecule has 8 heteroatoms. The molecule has 0 radical (unpaired) electrons. The van der Waals surface area contributed by atoms with Crippen molar-refractivity contribution in [2.24, 2.45) is 0 Å². The van der Waals surface area contributed by atoms with Gasteiger partial charge in [0.25, 0.3) is 5.69 Å². The van der Waals surface area contributed by atoms with Crippen molar-refractivity contribution in [1.82, 2.24) is 4.90 Å². The molecule has 0 fully saturated rings. The Labute approximate surface area is 162 Å². The average molecular weight is 381 g/mol. The summed E-state index contributed by atoms with van der Waals surface area (Å²) in [4.78, 5) is 35.8. The molecule has 0 aliphatic rings. The summed E-state index contributed by atoms with van der Waals surface area (Å²) in [5, 5.41) is 20.4. The largest absolute Gasteiger partial charge is 0.445 e. The van der Waals surface area contributed by atoms with Crippen LogP contribution >= 0.6 is 0 Å². The van der Waals surface area contributed by atoms with Crippen LogP contribution in [0.5, 0.6) is 0 Å². The number of amides is 1. The maximum absolute atomic E-state index is 12.3. The van der Waals surface area contributed by atoms with Crippen molar-refractivity contribution in [3.63, 3.8) is 0 Å². The molecule has 1 amide bonds. The molecule has 0 aromatic heterocycles. The molecule has 0 N–H and O–H groups in total. The monoisotopic (exact) mass is 381 g/mol. The summed E-state index contributed by atoms with van der Waals surface area (Å²) in [5.41, 5.74) is 1.31. The smallest absolute Gasteiger partial charge is 0.410 e. The van der Waals surface area contributed by atoms with Crippen molar-refractivity contribution in [2.75, 3.05) is 7.05 Å². The van der Waals surface area contributed by atoms with Gasteiger partial charge in [0, 0.05) is 25.7 Å². The van der Waals surface area contributed by atoms with E-state index in [2.05, 4.69) is 0 Å². The first-order valence-electron chi connectivity index (χ1n) is 8.42. The van der Waals surface area contributed by atoms with Gasteiger partial charge < -0.3 is 9.64 Å². The summed E-state index contributed by atoms with van der Waals surface area (Å²) in [5.74, 6) is -1.45. The first-order chi connectivity index (χ1) is 13.3. The number of Topliss-reactive ketones (excluding diaryl/α,β-unsaturated/α-hetero) is 1. The number of hydrogen-bond acceptors (Lipinski definition) is 6. The van der Waals surface area contributed by atoms with Crippen molar-refractivity contribution in [3.05, 3.63) is 75.3 Å². The van der Waals surface area contributed by atoms with E-state index in [1.54, 1.807) is 0 Å². The van der Waals surface area contributed by atoms with Crippen LogP contribution in [0.3, 0.4) is 0 Å². The summed E-state index contributed by atoms with van der Waals surface area (Å²) >= 11 is 0. The Morgan fingerprint density at radius 1 is 1.25 bits per heavy atom. The lowest BCUT2D eigenvalue weighted by Gasteiger charge is -2.20. The fourth-order valence-electron chi connectivity index (χ4n) is 2.65. The molecule has 0 spiro atoms. The molecule has 0 aliphatic carbocycles. The second-order valence-corrected chi connectivity index (χ2v) is 6.21. The Kier molecular flexibility index (Phi) is 6.82. The van der Waals surface area contributed by atoms with Gasteiger partial charge in [0.15, 0.2) is 5.78 Å². The van der Waals surface area contributed by atoms with E-state index in [9.17, 15) is 25.0 Å². The molecule has 8 nitrogen and oxygen atoms in total. The van der Waals surface area contributed by atoms with Gasteiger partial charge in [0.1, 0.15) is 12.5 Å². The van der Waals surface area contributed by atoms with E-state index in [-0.39, 0.29) is 24.6 Å². The lowest BCUT2D eigenvalue weighted by atomic mass is 9.92. The summed E-state index contributed by atoms with van der Waals surface area (Å²) in [6, 6.07) is 14.9. The summed E-state index contributed by atoms with van der Waals surface area (Å²) in [6.07, 6.45) is -0.627. The number of nitro benzene ring substituents is 1. The molecule has 2 aromatic rings. The van der Waals surface area contributed by atoms with Crippen LogP contribution in [-0.4, -0.2) is 28.7 Å². The maximum Gasteiger partial charge on any atom is 0.410 e. The van der Waals surface area contributed by atoms with E-state index >= 15 is 0 Å². The van der Waals surface area contributed by atoms with Crippen LogP contribution in [0.1, 0.15) is 29.5 Å². The van der Waals surface area contributed by atoms with E-state index in [4.69, 9.17) is 4.74 Å². The van der Waals surface area contributed by atoms with Gasteiger partial charge >= 0.3 is 6.09 Å². The van der Waals surface area contributed by atoms with Gasteiger partial charge in [-0.1, -0.05) is 36.4 Å². The minimum atomic E-state index is -1.07. The van der Waals surface area contributed by atoms with E-state index in [0.29, 0.717) is 11.1 Å². The Morgan fingerprint density at radius 2 is 1.93 bits per heavy atom. The molecule has 0 aliphatic heterocycles. The number of nitro groups is 1. The highest BCUT2D eigenvalue weighted by Crippen LogP contribution is 2.26. The van der Waals surface area contributed by atoms with Gasteiger partial charge in [0.2, 0.25) is 0 Å². The van der Waals surface area contributed by atoms with Gasteiger partial charge in [-0.3, -0.25) is 14.9 Å². The van der Waals surface area contributed by atoms with E-state index in [0.717, 1.165) is 5.56 Å². The molecule has 1 atom stereocenters. The molecule has 2 aromatic carbocycles. The summed E-state index contributed by atoms with van der Waals surface area (Å²) < 4.78 is 5.24. The number of ketones is 1. The zero-order valence-corrected chi connectivity index (χ0v) is 15.5. The Hall–Kier alpha value is -3.73. The SMILES string of the molecule is CC(=O)C(C#N)c1ccc([N+](=O)[O-])cc1CN(C)C(=O)OCc1ccccc1.